The van der Waals surface area contributed by atoms with E-state index in [-0.39, 0.29) is 0 Å². The lowest BCUT2D eigenvalue weighted by Gasteiger charge is -2.14. The van der Waals surface area contributed by atoms with Crippen molar-refractivity contribution in [2.45, 2.75) is 32.7 Å². The number of furan rings is 1. The van der Waals surface area contributed by atoms with Gasteiger partial charge in [0.15, 0.2) is 0 Å². The highest BCUT2D eigenvalue weighted by Gasteiger charge is 2.20. The van der Waals surface area contributed by atoms with Crippen LogP contribution in [-0.4, -0.2) is 6.54 Å². The zero-order valence-corrected chi connectivity index (χ0v) is 14.5. The van der Waals surface area contributed by atoms with E-state index < -0.39 is 10.9 Å². The minimum atomic E-state index is -0.477. The van der Waals surface area contributed by atoms with E-state index in [0.717, 1.165) is 6.42 Å². The van der Waals surface area contributed by atoms with Crippen LogP contribution < -0.4 is 21.5 Å². The summed E-state index contributed by atoms with van der Waals surface area (Å²) in [4.78, 5) is 23.5. The van der Waals surface area contributed by atoms with E-state index in [9.17, 15) is 9.59 Å². The van der Waals surface area contributed by atoms with Gasteiger partial charge in [0.05, 0.1) is 12.8 Å². The molecular formula is C20H22N2O3. The average Bonchev–Trinajstić information content (AvgIpc) is 3.13. The van der Waals surface area contributed by atoms with Gasteiger partial charge in [-0.15, -0.1) is 0 Å². The molecule has 2 N–H and O–H groups in total. The van der Waals surface area contributed by atoms with E-state index in [0.29, 0.717) is 36.1 Å². The maximum absolute atomic E-state index is 11.8. The third kappa shape index (κ3) is 3.82. The molecule has 0 radical (unpaired) electrons. The number of anilines is 2. The predicted molar refractivity (Wildman–Crippen MR) is 100 cm³/mol. The lowest BCUT2D eigenvalue weighted by Crippen LogP contribution is -2.37. The first-order chi connectivity index (χ1) is 12.1. The van der Waals surface area contributed by atoms with Crippen molar-refractivity contribution in [1.29, 1.82) is 0 Å². The zero-order valence-electron chi connectivity index (χ0n) is 14.5. The van der Waals surface area contributed by atoms with Gasteiger partial charge in [0, 0.05) is 6.54 Å². The number of nitrogens with one attached hydrogen (secondary N) is 2. The van der Waals surface area contributed by atoms with Gasteiger partial charge in [0.2, 0.25) is 0 Å². The number of hydrogen-bond acceptors (Lipinski definition) is 5. The minimum absolute atomic E-state index is 0.344. The smallest absolute Gasteiger partial charge is 0.253 e. The van der Waals surface area contributed by atoms with Crippen LogP contribution in [0, 0.1) is 0 Å². The number of hydrogen-bond donors (Lipinski definition) is 2. The van der Waals surface area contributed by atoms with Crippen molar-refractivity contribution in [2.24, 2.45) is 0 Å². The molecule has 1 heterocycles. The Hall–Kier alpha value is -2.82. The highest BCUT2D eigenvalue weighted by atomic mass is 16.3. The molecule has 0 amide bonds. The van der Waals surface area contributed by atoms with Gasteiger partial charge in [-0.3, -0.25) is 9.59 Å². The second-order valence-electron chi connectivity index (χ2n) is 6.41. The maximum atomic E-state index is 11.8. The first-order valence-electron chi connectivity index (χ1n) is 8.48. The van der Waals surface area contributed by atoms with Crippen LogP contribution in [0.1, 0.15) is 36.7 Å². The summed E-state index contributed by atoms with van der Waals surface area (Å²) in [5, 5.41) is 6.05. The van der Waals surface area contributed by atoms with E-state index in [1.165, 1.54) is 11.1 Å². The molecule has 0 aliphatic rings. The molecule has 3 aromatic rings. The van der Waals surface area contributed by atoms with E-state index >= 15 is 0 Å². The molecule has 0 unspecified atom stereocenters. The zero-order chi connectivity index (χ0) is 17.8. The molecule has 3 rings (SSSR count). The fourth-order valence-corrected chi connectivity index (χ4v) is 2.72. The third-order valence-corrected chi connectivity index (χ3v) is 4.29. The lowest BCUT2D eigenvalue weighted by atomic mass is 10.0. The monoisotopic (exact) mass is 338 g/mol. The van der Waals surface area contributed by atoms with Crippen molar-refractivity contribution in [3.63, 3.8) is 0 Å². The summed E-state index contributed by atoms with van der Waals surface area (Å²) >= 11 is 0. The van der Waals surface area contributed by atoms with Crippen LogP contribution in [0.2, 0.25) is 0 Å². The molecule has 0 bridgehead atoms. The topological polar surface area (TPSA) is 71.3 Å². The highest BCUT2D eigenvalue weighted by molar-refractivity contribution is 5.73. The van der Waals surface area contributed by atoms with Crippen LogP contribution in [0.5, 0.6) is 0 Å². The van der Waals surface area contributed by atoms with Gasteiger partial charge >= 0.3 is 0 Å². The molecule has 0 saturated heterocycles. The van der Waals surface area contributed by atoms with Gasteiger partial charge in [0.1, 0.15) is 17.1 Å². The second-order valence-corrected chi connectivity index (χ2v) is 6.41. The van der Waals surface area contributed by atoms with Crippen LogP contribution >= 0.6 is 0 Å². The van der Waals surface area contributed by atoms with Crippen molar-refractivity contribution < 1.29 is 4.42 Å². The van der Waals surface area contributed by atoms with Crippen molar-refractivity contribution >= 4 is 11.4 Å². The Morgan fingerprint density at radius 1 is 0.960 bits per heavy atom. The molecule has 0 saturated carbocycles. The van der Waals surface area contributed by atoms with Crippen molar-refractivity contribution in [2.75, 3.05) is 17.2 Å². The highest BCUT2D eigenvalue weighted by Crippen LogP contribution is 2.17. The van der Waals surface area contributed by atoms with Crippen molar-refractivity contribution in [3.8, 4) is 0 Å². The number of rotatable bonds is 8. The van der Waals surface area contributed by atoms with Gasteiger partial charge < -0.3 is 15.1 Å². The summed E-state index contributed by atoms with van der Waals surface area (Å²) in [6, 6.07) is 12.1. The van der Waals surface area contributed by atoms with Gasteiger partial charge in [-0.05, 0) is 35.6 Å². The average molecular weight is 338 g/mol. The molecule has 2 aromatic carbocycles. The molecular weight excluding hydrogens is 316 g/mol. The molecule has 0 aliphatic heterocycles. The predicted octanol–water partition coefficient (Wildman–Crippen LogP) is 3.27. The van der Waals surface area contributed by atoms with Gasteiger partial charge in [-0.1, -0.05) is 38.1 Å². The van der Waals surface area contributed by atoms with Crippen LogP contribution in [0.3, 0.4) is 0 Å². The Morgan fingerprint density at radius 3 is 2.24 bits per heavy atom. The van der Waals surface area contributed by atoms with Crippen LogP contribution in [0.15, 0.2) is 56.7 Å². The molecule has 25 heavy (non-hydrogen) atoms. The minimum Gasteiger partial charge on any atom is -0.467 e. The summed E-state index contributed by atoms with van der Waals surface area (Å²) in [5.74, 6) is 1.22. The van der Waals surface area contributed by atoms with E-state index in [1.54, 1.807) is 12.3 Å². The maximum Gasteiger partial charge on any atom is 0.253 e. The Morgan fingerprint density at radius 2 is 1.64 bits per heavy atom. The summed E-state index contributed by atoms with van der Waals surface area (Å²) < 4.78 is 5.21. The lowest BCUT2D eigenvalue weighted by molar-refractivity contribution is 0.518. The second kappa shape index (κ2) is 7.38. The molecule has 0 fully saturated rings. The molecule has 5 heteroatoms. The molecule has 0 spiro atoms. The Balaban J connectivity index is 1.55. The normalized spacial score (nSPS) is 11.2. The largest absolute Gasteiger partial charge is 0.467 e. The molecule has 0 aliphatic carbocycles. The molecule has 130 valence electrons. The third-order valence-electron chi connectivity index (χ3n) is 4.29. The van der Waals surface area contributed by atoms with Crippen LogP contribution in [0.4, 0.5) is 11.4 Å². The fourth-order valence-electron chi connectivity index (χ4n) is 2.72. The van der Waals surface area contributed by atoms with Gasteiger partial charge in [-0.2, -0.15) is 0 Å². The first-order valence-corrected chi connectivity index (χ1v) is 8.48. The standard InChI is InChI=1S/C20H22N2O3/c1-13(2)15-7-5-14(6-8-15)9-10-21-17-18(20(24)19(17)23)22-12-16-4-3-11-25-16/h3-8,11,13,21-22H,9-10,12H2,1-2H3. The molecule has 0 atom stereocenters. The fraction of sp³-hybridized carbons (Fsp3) is 0.300. The quantitative estimate of drug-likeness (QED) is 0.617. The first kappa shape index (κ1) is 17.0. The van der Waals surface area contributed by atoms with Gasteiger partial charge in [-0.25, -0.2) is 0 Å². The van der Waals surface area contributed by atoms with Crippen LogP contribution in [0.25, 0.3) is 0 Å². The summed E-state index contributed by atoms with van der Waals surface area (Å²) in [6.07, 6.45) is 2.36. The van der Waals surface area contributed by atoms with E-state index in [1.807, 2.05) is 6.07 Å². The van der Waals surface area contributed by atoms with Crippen molar-refractivity contribution in [3.05, 3.63) is 80.0 Å². The summed E-state index contributed by atoms with van der Waals surface area (Å²) in [5.41, 5.74) is 2.28. The summed E-state index contributed by atoms with van der Waals surface area (Å²) in [7, 11) is 0. The van der Waals surface area contributed by atoms with Gasteiger partial charge in [0.25, 0.3) is 10.9 Å². The Kier molecular flexibility index (Phi) is 5.03. The van der Waals surface area contributed by atoms with E-state index in [2.05, 4.69) is 48.7 Å². The molecule has 5 nitrogen and oxygen atoms in total. The van der Waals surface area contributed by atoms with Crippen molar-refractivity contribution in [1.82, 2.24) is 0 Å². The Bertz CT molecular complexity index is 886. The van der Waals surface area contributed by atoms with Crippen LogP contribution in [-0.2, 0) is 13.0 Å². The Labute approximate surface area is 146 Å². The SMILES string of the molecule is CC(C)c1ccc(CCNc2c(NCc3ccco3)c(=O)c2=O)cc1. The summed E-state index contributed by atoms with van der Waals surface area (Å²) in [6.45, 7) is 5.31. The molecule has 1 aromatic heterocycles. The van der Waals surface area contributed by atoms with E-state index in [4.69, 9.17) is 4.42 Å². The number of benzene rings is 1.